The minimum absolute atomic E-state index is 0.0320. The normalized spacial score (nSPS) is 16.3. The smallest absolute Gasteiger partial charge is 0.231 e. The Hall–Kier alpha value is -3.06. The van der Waals surface area contributed by atoms with E-state index in [1.54, 1.807) is 4.90 Å². The first-order chi connectivity index (χ1) is 14.0. The van der Waals surface area contributed by atoms with Crippen LogP contribution in [-0.2, 0) is 16.0 Å². The SMILES string of the molecule is Cc1ccc(N2C[C@H](C(=O)Nc3nnc(Cc4ccccc4)s3)CC2=O)cc1C. The molecule has 7 heteroatoms. The van der Waals surface area contributed by atoms with Gasteiger partial charge in [0.2, 0.25) is 16.9 Å². The molecule has 29 heavy (non-hydrogen) atoms. The Bertz CT molecular complexity index is 1050. The number of benzene rings is 2. The molecule has 2 amide bonds. The molecule has 1 aromatic heterocycles. The Morgan fingerprint density at radius 1 is 1.14 bits per heavy atom. The summed E-state index contributed by atoms with van der Waals surface area (Å²) in [4.78, 5) is 26.8. The van der Waals surface area contributed by atoms with E-state index in [0.29, 0.717) is 18.1 Å². The fourth-order valence-electron chi connectivity index (χ4n) is 3.38. The van der Waals surface area contributed by atoms with Gasteiger partial charge in [0.25, 0.3) is 0 Å². The monoisotopic (exact) mass is 406 g/mol. The van der Waals surface area contributed by atoms with E-state index in [-0.39, 0.29) is 18.2 Å². The third kappa shape index (κ3) is 4.35. The minimum atomic E-state index is -0.398. The van der Waals surface area contributed by atoms with Crippen LogP contribution in [-0.4, -0.2) is 28.6 Å². The highest BCUT2D eigenvalue weighted by molar-refractivity contribution is 7.15. The van der Waals surface area contributed by atoms with Gasteiger partial charge in [-0.3, -0.25) is 9.59 Å². The fraction of sp³-hybridized carbons (Fsp3) is 0.273. The second-order valence-corrected chi connectivity index (χ2v) is 8.39. The van der Waals surface area contributed by atoms with Crippen molar-refractivity contribution >= 4 is 34.0 Å². The van der Waals surface area contributed by atoms with E-state index in [2.05, 4.69) is 15.5 Å². The Labute approximate surface area is 173 Å². The molecule has 0 bridgehead atoms. The number of carbonyl (C=O) groups excluding carboxylic acids is 2. The summed E-state index contributed by atoms with van der Waals surface area (Å²) >= 11 is 1.36. The number of hydrogen-bond acceptors (Lipinski definition) is 5. The second kappa shape index (κ2) is 8.13. The molecule has 0 radical (unpaired) electrons. The van der Waals surface area contributed by atoms with Crippen molar-refractivity contribution in [2.24, 2.45) is 5.92 Å². The standard InChI is InChI=1S/C22H22N4O2S/c1-14-8-9-18(10-15(14)2)26-13-17(12-20(26)27)21(28)23-22-25-24-19(29-22)11-16-6-4-3-5-7-16/h3-10,17H,11-13H2,1-2H3,(H,23,25,28)/t17-/m1/s1. The average Bonchev–Trinajstić information content (AvgIpc) is 3.31. The third-order valence-corrected chi connectivity index (χ3v) is 6.03. The zero-order valence-electron chi connectivity index (χ0n) is 16.4. The van der Waals surface area contributed by atoms with Gasteiger partial charge in [0.05, 0.1) is 5.92 Å². The maximum atomic E-state index is 12.7. The summed E-state index contributed by atoms with van der Waals surface area (Å²) < 4.78 is 0. The predicted octanol–water partition coefficient (Wildman–Crippen LogP) is 3.74. The van der Waals surface area contributed by atoms with Gasteiger partial charge < -0.3 is 10.2 Å². The largest absolute Gasteiger partial charge is 0.312 e. The number of hydrogen-bond donors (Lipinski definition) is 1. The number of rotatable bonds is 5. The summed E-state index contributed by atoms with van der Waals surface area (Å²) in [5.41, 5.74) is 4.29. The van der Waals surface area contributed by atoms with Gasteiger partial charge in [0, 0.05) is 25.1 Å². The van der Waals surface area contributed by atoms with E-state index in [1.807, 2.05) is 62.4 Å². The molecule has 1 atom stereocenters. The van der Waals surface area contributed by atoms with Crippen molar-refractivity contribution in [3.63, 3.8) is 0 Å². The lowest BCUT2D eigenvalue weighted by Crippen LogP contribution is -2.28. The number of aromatic nitrogens is 2. The Kier molecular flexibility index (Phi) is 5.40. The van der Waals surface area contributed by atoms with Gasteiger partial charge in [-0.15, -0.1) is 10.2 Å². The molecule has 0 spiro atoms. The molecule has 1 saturated heterocycles. The summed E-state index contributed by atoms with van der Waals surface area (Å²) in [5.74, 6) is -0.617. The number of nitrogens with one attached hydrogen (secondary N) is 1. The van der Waals surface area contributed by atoms with Crippen molar-refractivity contribution in [2.75, 3.05) is 16.8 Å². The molecule has 2 heterocycles. The highest BCUT2D eigenvalue weighted by Crippen LogP contribution is 2.28. The molecule has 0 aliphatic carbocycles. The molecule has 4 rings (SSSR count). The average molecular weight is 407 g/mol. The van der Waals surface area contributed by atoms with Crippen LogP contribution in [0.4, 0.5) is 10.8 Å². The topological polar surface area (TPSA) is 75.2 Å². The zero-order chi connectivity index (χ0) is 20.4. The fourth-order valence-corrected chi connectivity index (χ4v) is 4.16. The van der Waals surface area contributed by atoms with Crippen LogP contribution in [0, 0.1) is 19.8 Å². The van der Waals surface area contributed by atoms with E-state index < -0.39 is 5.92 Å². The Morgan fingerprint density at radius 2 is 1.93 bits per heavy atom. The van der Waals surface area contributed by atoms with E-state index in [4.69, 9.17) is 0 Å². The molecular weight excluding hydrogens is 384 g/mol. The molecule has 1 fully saturated rings. The molecule has 0 unspecified atom stereocenters. The first kappa shape index (κ1) is 19.3. The lowest BCUT2D eigenvalue weighted by Gasteiger charge is -2.17. The molecule has 1 aliphatic heterocycles. The van der Waals surface area contributed by atoms with Crippen LogP contribution < -0.4 is 10.2 Å². The van der Waals surface area contributed by atoms with Crippen molar-refractivity contribution in [2.45, 2.75) is 26.7 Å². The minimum Gasteiger partial charge on any atom is -0.312 e. The molecule has 2 aromatic carbocycles. The Balaban J connectivity index is 1.39. The van der Waals surface area contributed by atoms with Gasteiger partial charge in [0.15, 0.2) is 0 Å². The van der Waals surface area contributed by atoms with Crippen molar-refractivity contribution in [3.8, 4) is 0 Å². The first-order valence-corrected chi connectivity index (χ1v) is 10.4. The van der Waals surface area contributed by atoms with Crippen molar-refractivity contribution < 1.29 is 9.59 Å². The Morgan fingerprint density at radius 3 is 2.69 bits per heavy atom. The molecule has 148 valence electrons. The summed E-state index contributed by atoms with van der Waals surface area (Å²) in [6.45, 7) is 4.43. The van der Waals surface area contributed by atoms with Crippen LogP contribution in [0.5, 0.6) is 0 Å². The maximum Gasteiger partial charge on any atom is 0.231 e. The third-order valence-electron chi connectivity index (χ3n) is 5.19. The molecule has 3 aromatic rings. The van der Waals surface area contributed by atoms with E-state index in [0.717, 1.165) is 21.8 Å². The molecule has 1 aliphatic rings. The first-order valence-electron chi connectivity index (χ1n) is 9.54. The maximum absolute atomic E-state index is 12.7. The molecular formula is C22H22N4O2S. The number of amides is 2. The van der Waals surface area contributed by atoms with Crippen molar-refractivity contribution in [1.82, 2.24) is 10.2 Å². The van der Waals surface area contributed by atoms with Gasteiger partial charge in [0.1, 0.15) is 5.01 Å². The quantitative estimate of drug-likeness (QED) is 0.700. The van der Waals surface area contributed by atoms with E-state index >= 15 is 0 Å². The van der Waals surface area contributed by atoms with Gasteiger partial charge in [-0.25, -0.2) is 0 Å². The summed E-state index contributed by atoms with van der Waals surface area (Å²) in [5, 5.41) is 12.4. The molecule has 6 nitrogen and oxygen atoms in total. The zero-order valence-corrected chi connectivity index (χ0v) is 17.2. The lowest BCUT2D eigenvalue weighted by atomic mass is 10.1. The highest BCUT2D eigenvalue weighted by Gasteiger charge is 2.35. The van der Waals surface area contributed by atoms with Crippen LogP contribution in [0.1, 0.15) is 28.1 Å². The van der Waals surface area contributed by atoms with Crippen LogP contribution in [0.15, 0.2) is 48.5 Å². The number of nitrogens with zero attached hydrogens (tertiary/aromatic N) is 3. The van der Waals surface area contributed by atoms with Crippen LogP contribution >= 0.6 is 11.3 Å². The van der Waals surface area contributed by atoms with Crippen LogP contribution in [0.2, 0.25) is 0 Å². The van der Waals surface area contributed by atoms with Crippen LogP contribution in [0.25, 0.3) is 0 Å². The van der Waals surface area contributed by atoms with Crippen molar-refractivity contribution in [1.29, 1.82) is 0 Å². The van der Waals surface area contributed by atoms with E-state index in [1.165, 1.54) is 16.9 Å². The van der Waals surface area contributed by atoms with Crippen molar-refractivity contribution in [3.05, 3.63) is 70.2 Å². The summed E-state index contributed by atoms with van der Waals surface area (Å²) in [6, 6.07) is 15.9. The van der Waals surface area contributed by atoms with Gasteiger partial charge in [-0.2, -0.15) is 0 Å². The van der Waals surface area contributed by atoms with Gasteiger partial charge >= 0.3 is 0 Å². The lowest BCUT2D eigenvalue weighted by molar-refractivity contribution is -0.122. The summed E-state index contributed by atoms with van der Waals surface area (Å²) in [6.07, 6.45) is 0.880. The van der Waals surface area contributed by atoms with E-state index in [9.17, 15) is 9.59 Å². The molecule has 1 N–H and O–H groups in total. The second-order valence-electron chi connectivity index (χ2n) is 7.33. The molecule has 0 saturated carbocycles. The van der Waals surface area contributed by atoms with Crippen LogP contribution in [0.3, 0.4) is 0 Å². The number of aryl methyl sites for hydroxylation is 2. The number of carbonyl (C=O) groups is 2. The van der Waals surface area contributed by atoms with Gasteiger partial charge in [-0.1, -0.05) is 47.7 Å². The predicted molar refractivity (Wildman–Crippen MR) is 114 cm³/mol. The number of anilines is 2. The summed E-state index contributed by atoms with van der Waals surface area (Å²) in [7, 11) is 0. The van der Waals surface area contributed by atoms with Gasteiger partial charge in [-0.05, 0) is 42.7 Å². The highest BCUT2D eigenvalue weighted by atomic mass is 32.1.